The molecular formula is C15H30N2O. The van der Waals surface area contributed by atoms with Crippen molar-refractivity contribution in [2.24, 2.45) is 0 Å². The summed E-state index contributed by atoms with van der Waals surface area (Å²) >= 11 is 0. The van der Waals surface area contributed by atoms with Crippen molar-refractivity contribution in [1.29, 1.82) is 0 Å². The van der Waals surface area contributed by atoms with Gasteiger partial charge in [-0.1, -0.05) is 0 Å². The first-order valence-corrected chi connectivity index (χ1v) is 7.52. The molecular weight excluding hydrogens is 224 g/mol. The van der Waals surface area contributed by atoms with E-state index in [1.807, 2.05) is 7.11 Å². The highest BCUT2D eigenvalue weighted by Gasteiger charge is 2.34. The normalized spacial score (nSPS) is 29.0. The smallest absolute Gasteiger partial charge is 0.0618 e. The van der Waals surface area contributed by atoms with Crippen molar-refractivity contribution in [2.45, 2.75) is 64.1 Å². The van der Waals surface area contributed by atoms with Gasteiger partial charge >= 0.3 is 0 Å². The molecule has 0 bridgehead atoms. The number of methoxy groups -OCH3 is 1. The van der Waals surface area contributed by atoms with Crippen molar-refractivity contribution in [2.75, 3.05) is 33.4 Å². The quantitative estimate of drug-likeness (QED) is 0.769. The second-order valence-corrected chi connectivity index (χ2v) is 6.88. The summed E-state index contributed by atoms with van der Waals surface area (Å²) in [5, 5.41) is 0. The zero-order valence-electron chi connectivity index (χ0n) is 12.6. The highest BCUT2D eigenvalue weighted by atomic mass is 16.5. The monoisotopic (exact) mass is 254 g/mol. The van der Waals surface area contributed by atoms with Crippen LogP contribution >= 0.6 is 0 Å². The van der Waals surface area contributed by atoms with E-state index in [-0.39, 0.29) is 0 Å². The molecule has 0 spiro atoms. The summed E-state index contributed by atoms with van der Waals surface area (Å²) in [5.41, 5.74) is 0.335. The standard InChI is InChI=1S/C15H30N2O/c1-15(2,3)16-10-7-13(8-11-16)17-9-5-6-14(17)12-18-4/h13-14H,5-12H2,1-4H3. The minimum atomic E-state index is 0.335. The van der Waals surface area contributed by atoms with Crippen molar-refractivity contribution in [3.63, 3.8) is 0 Å². The predicted molar refractivity (Wildman–Crippen MR) is 76.0 cm³/mol. The fraction of sp³-hybridized carbons (Fsp3) is 1.00. The summed E-state index contributed by atoms with van der Waals surface area (Å²) in [6, 6.07) is 1.48. The molecule has 0 radical (unpaired) electrons. The topological polar surface area (TPSA) is 15.7 Å². The van der Waals surface area contributed by atoms with Crippen molar-refractivity contribution in [1.82, 2.24) is 9.80 Å². The number of nitrogens with zero attached hydrogens (tertiary/aromatic N) is 2. The summed E-state index contributed by atoms with van der Waals surface area (Å²) in [6.45, 7) is 11.7. The van der Waals surface area contributed by atoms with Gasteiger partial charge in [0.25, 0.3) is 0 Å². The zero-order valence-corrected chi connectivity index (χ0v) is 12.6. The van der Waals surface area contributed by atoms with Gasteiger partial charge in [-0.05, 0) is 53.0 Å². The van der Waals surface area contributed by atoms with Gasteiger partial charge in [-0.25, -0.2) is 0 Å². The van der Waals surface area contributed by atoms with Crippen molar-refractivity contribution in [3.8, 4) is 0 Å². The molecule has 3 nitrogen and oxygen atoms in total. The Bertz CT molecular complexity index is 254. The third-order valence-electron chi connectivity index (χ3n) is 4.66. The Labute approximate surface area is 112 Å². The lowest BCUT2D eigenvalue weighted by atomic mass is 9.96. The lowest BCUT2D eigenvalue weighted by Crippen LogP contribution is -2.52. The highest BCUT2D eigenvalue weighted by molar-refractivity contribution is 4.90. The second-order valence-electron chi connectivity index (χ2n) is 6.88. The van der Waals surface area contributed by atoms with Crippen LogP contribution in [-0.2, 0) is 4.74 Å². The Morgan fingerprint density at radius 2 is 1.72 bits per heavy atom. The van der Waals surface area contributed by atoms with Crippen LogP contribution < -0.4 is 0 Å². The molecule has 2 rings (SSSR count). The molecule has 106 valence electrons. The zero-order chi connectivity index (χ0) is 13.2. The van der Waals surface area contributed by atoms with E-state index in [9.17, 15) is 0 Å². The molecule has 0 aromatic rings. The van der Waals surface area contributed by atoms with Crippen LogP contribution in [0, 0.1) is 0 Å². The molecule has 0 aromatic carbocycles. The van der Waals surface area contributed by atoms with Crippen LogP contribution in [0.2, 0.25) is 0 Å². The molecule has 3 heteroatoms. The van der Waals surface area contributed by atoms with E-state index in [0.717, 1.165) is 12.6 Å². The summed E-state index contributed by atoms with van der Waals surface area (Å²) in [7, 11) is 1.83. The fourth-order valence-corrected chi connectivity index (χ4v) is 3.58. The number of rotatable bonds is 3. The molecule has 0 amide bonds. The Hall–Kier alpha value is -0.120. The van der Waals surface area contributed by atoms with Crippen LogP contribution in [0.1, 0.15) is 46.5 Å². The van der Waals surface area contributed by atoms with Crippen molar-refractivity contribution in [3.05, 3.63) is 0 Å². The first kappa shape index (κ1) is 14.3. The SMILES string of the molecule is COCC1CCCN1C1CCN(C(C)(C)C)CC1. The summed E-state index contributed by atoms with van der Waals surface area (Å²) in [4.78, 5) is 5.36. The number of hydrogen-bond acceptors (Lipinski definition) is 3. The number of hydrogen-bond donors (Lipinski definition) is 0. The first-order valence-electron chi connectivity index (χ1n) is 7.52. The maximum atomic E-state index is 5.37. The van der Waals surface area contributed by atoms with E-state index in [1.165, 1.54) is 45.3 Å². The number of likely N-dealkylation sites (tertiary alicyclic amines) is 2. The van der Waals surface area contributed by atoms with E-state index in [4.69, 9.17) is 4.74 Å². The third-order valence-corrected chi connectivity index (χ3v) is 4.66. The largest absolute Gasteiger partial charge is 0.383 e. The Morgan fingerprint density at radius 1 is 1.06 bits per heavy atom. The molecule has 18 heavy (non-hydrogen) atoms. The maximum absolute atomic E-state index is 5.37. The van der Waals surface area contributed by atoms with E-state index in [0.29, 0.717) is 11.6 Å². The molecule has 2 aliphatic rings. The molecule has 0 saturated carbocycles. The fourth-order valence-electron chi connectivity index (χ4n) is 3.58. The van der Waals surface area contributed by atoms with Gasteiger partial charge in [0.05, 0.1) is 6.61 Å². The van der Waals surface area contributed by atoms with Crippen molar-refractivity contribution < 1.29 is 4.74 Å². The Morgan fingerprint density at radius 3 is 2.28 bits per heavy atom. The van der Waals surface area contributed by atoms with E-state index >= 15 is 0 Å². The van der Waals surface area contributed by atoms with Crippen LogP contribution in [0.3, 0.4) is 0 Å². The minimum Gasteiger partial charge on any atom is -0.383 e. The van der Waals surface area contributed by atoms with Crippen LogP contribution in [0.25, 0.3) is 0 Å². The molecule has 0 aromatic heterocycles. The van der Waals surface area contributed by atoms with Gasteiger partial charge < -0.3 is 4.74 Å². The van der Waals surface area contributed by atoms with E-state index in [2.05, 4.69) is 30.6 Å². The van der Waals surface area contributed by atoms with Gasteiger partial charge in [-0.15, -0.1) is 0 Å². The van der Waals surface area contributed by atoms with Gasteiger partial charge in [-0.2, -0.15) is 0 Å². The first-order chi connectivity index (χ1) is 8.52. The number of ether oxygens (including phenoxy) is 1. The summed E-state index contributed by atoms with van der Waals surface area (Å²) in [5.74, 6) is 0. The molecule has 2 saturated heterocycles. The third kappa shape index (κ3) is 3.25. The highest BCUT2D eigenvalue weighted by Crippen LogP contribution is 2.28. The minimum absolute atomic E-state index is 0.335. The Balaban J connectivity index is 1.85. The average Bonchev–Trinajstić information content (AvgIpc) is 2.77. The number of piperidine rings is 1. The van der Waals surface area contributed by atoms with Gasteiger partial charge in [0.1, 0.15) is 0 Å². The van der Waals surface area contributed by atoms with Gasteiger partial charge in [-0.3, -0.25) is 9.80 Å². The van der Waals surface area contributed by atoms with E-state index in [1.54, 1.807) is 0 Å². The van der Waals surface area contributed by atoms with Gasteiger partial charge in [0.15, 0.2) is 0 Å². The molecule has 2 heterocycles. The van der Waals surface area contributed by atoms with Crippen LogP contribution in [0.5, 0.6) is 0 Å². The predicted octanol–water partition coefficient (Wildman–Crippen LogP) is 2.36. The molecule has 0 aliphatic carbocycles. The van der Waals surface area contributed by atoms with Crippen LogP contribution in [0.4, 0.5) is 0 Å². The van der Waals surface area contributed by atoms with Crippen molar-refractivity contribution >= 4 is 0 Å². The molecule has 1 unspecified atom stereocenters. The lowest BCUT2D eigenvalue weighted by molar-refractivity contribution is 0.0326. The van der Waals surface area contributed by atoms with Crippen LogP contribution in [0.15, 0.2) is 0 Å². The maximum Gasteiger partial charge on any atom is 0.0618 e. The molecule has 1 atom stereocenters. The van der Waals surface area contributed by atoms with Crippen LogP contribution in [-0.4, -0.2) is 60.8 Å². The molecule has 2 fully saturated rings. The lowest BCUT2D eigenvalue weighted by Gasteiger charge is -2.44. The summed E-state index contributed by atoms with van der Waals surface area (Å²) < 4.78 is 5.37. The average molecular weight is 254 g/mol. The van der Waals surface area contributed by atoms with Gasteiger partial charge in [0.2, 0.25) is 0 Å². The van der Waals surface area contributed by atoms with E-state index < -0.39 is 0 Å². The van der Waals surface area contributed by atoms with Gasteiger partial charge in [0, 0.05) is 37.8 Å². The summed E-state index contributed by atoms with van der Waals surface area (Å²) in [6.07, 6.45) is 5.34. The second kappa shape index (κ2) is 5.89. The Kier molecular flexibility index (Phi) is 4.68. The molecule has 2 aliphatic heterocycles. The molecule has 0 N–H and O–H groups in total.